The molecule has 2 aliphatic carbocycles. The van der Waals surface area contributed by atoms with E-state index in [1.807, 2.05) is 11.3 Å². The maximum absolute atomic E-state index is 2.44. The van der Waals surface area contributed by atoms with Crippen LogP contribution in [0.25, 0.3) is 110 Å². The van der Waals surface area contributed by atoms with Gasteiger partial charge in [0.05, 0.1) is 0 Å². The van der Waals surface area contributed by atoms with Crippen LogP contribution in [0.5, 0.6) is 0 Å². The maximum atomic E-state index is 2.44. The Kier molecular flexibility index (Phi) is 12.2. The molecule has 2 aliphatic rings. The molecular weight excluding hydrogens is 1090 g/mol. The van der Waals surface area contributed by atoms with E-state index in [9.17, 15) is 0 Å². The predicted molar refractivity (Wildman–Crippen MR) is 385 cm³/mol. The SMILES string of the molecule is CC1(C)c2cc(C=Cc3ccc4sc5ccc(C=Cc6ccc7c(c6)C(C)(C)c6cc(N(c8ccc9ccccc9c8)c8ccc9ccccc9c8)ccc6-7)cc5c4c3)ccc2-c2ccc(N(c3ccc4ccccc4c3)c3ccc4ccccc4c3)cc21. The summed E-state index contributed by atoms with van der Waals surface area (Å²) in [6.45, 7) is 9.55. The van der Waals surface area contributed by atoms with Crippen molar-refractivity contribution < 1.29 is 0 Å². The first-order chi connectivity index (χ1) is 43.5. The van der Waals surface area contributed by atoms with Crippen molar-refractivity contribution in [2.75, 3.05) is 9.80 Å². The highest BCUT2D eigenvalue weighted by atomic mass is 32.1. The summed E-state index contributed by atoms with van der Waals surface area (Å²) in [5.74, 6) is 0. The highest BCUT2D eigenvalue weighted by Crippen LogP contribution is 2.53. The normalized spacial score (nSPS) is 13.7. The Morgan fingerprint density at radius 3 is 0.843 bits per heavy atom. The zero-order valence-electron chi connectivity index (χ0n) is 50.2. The fourth-order valence-corrected chi connectivity index (χ4v) is 15.6. The van der Waals surface area contributed by atoms with Gasteiger partial charge in [0, 0.05) is 65.1 Å². The van der Waals surface area contributed by atoms with E-state index in [4.69, 9.17) is 0 Å². The summed E-state index contributed by atoms with van der Waals surface area (Å²) in [7, 11) is 0. The molecule has 89 heavy (non-hydrogen) atoms. The lowest BCUT2D eigenvalue weighted by Gasteiger charge is -2.28. The largest absolute Gasteiger partial charge is 0.310 e. The van der Waals surface area contributed by atoms with Crippen LogP contribution in [0.4, 0.5) is 34.1 Å². The number of rotatable bonds is 10. The second kappa shape index (κ2) is 20.5. The molecule has 0 spiro atoms. The quantitative estimate of drug-likeness (QED) is 0.126. The summed E-state index contributed by atoms with van der Waals surface area (Å²) in [6.07, 6.45) is 9.15. The number of benzene rings is 14. The van der Waals surface area contributed by atoms with E-state index in [2.05, 4.69) is 341 Å². The van der Waals surface area contributed by atoms with Gasteiger partial charge < -0.3 is 9.80 Å². The topological polar surface area (TPSA) is 6.48 Å². The maximum Gasteiger partial charge on any atom is 0.0468 e. The molecule has 1 heterocycles. The van der Waals surface area contributed by atoms with Gasteiger partial charge in [-0.05, 0) is 207 Å². The molecule has 14 aromatic carbocycles. The van der Waals surface area contributed by atoms with Gasteiger partial charge in [0.2, 0.25) is 0 Å². The minimum absolute atomic E-state index is 0.209. The fraction of sp³-hybridized carbons (Fsp3) is 0.0698. The highest BCUT2D eigenvalue weighted by Gasteiger charge is 2.38. The molecule has 2 nitrogen and oxygen atoms in total. The molecule has 15 aromatic rings. The lowest BCUT2D eigenvalue weighted by atomic mass is 9.81. The summed E-state index contributed by atoms with van der Waals surface area (Å²) in [6, 6.07) is 104. The smallest absolute Gasteiger partial charge is 0.0468 e. The van der Waals surface area contributed by atoms with Gasteiger partial charge in [-0.25, -0.2) is 0 Å². The number of hydrogen-bond acceptors (Lipinski definition) is 3. The predicted octanol–water partition coefficient (Wildman–Crippen LogP) is 24.6. The first-order valence-electron chi connectivity index (χ1n) is 31.0. The minimum Gasteiger partial charge on any atom is -0.310 e. The van der Waals surface area contributed by atoms with Crippen molar-refractivity contribution >= 4 is 133 Å². The lowest BCUT2D eigenvalue weighted by Crippen LogP contribution is -2.16. The number of fused-ring (bicyclic) bond motifs is 13. The Bertz CT molecular complexity index is 4980. The molecule has 0 saturated heterocycles. The molecule has 0 amide bonds. The van der Waals surface area contributed by atoms with E-state index in [0.29, 0.717) is 0 Å². The van der Waals surface area contributed by atoms with E-state index in [1.54, 1.807) is 0 Å². The van der Waals surface area contributed by atoms with Crippen LogP contribution in [0.2, 0.25) is 0 Å². The van der Waals surface area contributed by atoms with Gasteiger partial charge in [-0.1, -0.05) is 234 Å². The van der Waals surface area contributed by atoms with Crippen LogP contribution >= 0.6 is 11.3 Å². The number of nitrogens with zero attached hydrogens (tertiary/aromatic N) is 2. The van der Waals surface area contributed by atoms with Crippen molar-refractivity contribution in [3.63, 3.8) is 0 Å². The monoisotopic (exact) mass is 1150 g/mol. The molecule has 0 radical (unpaired) electrons. The van der Waals surface area contributed by atoms with Gasteiger partial charge in [-0.2, -0.15) is 0 Å². The molecule has 0 fully saturated rings. The third-order valence-electron chi connectivity index (χ3n) is 19.3. The summed E-state index contributed by atoms with van der Waals surface area (Å²) in [4.78, 5) is 4.85. The molecule has 17 rings (SSSR count). The molecule has 3 heteroatoms. The van der Waals surface area contributed by atoms with Gasteiger partial charge >= 0.3 is 0 Å². The fourth-order valence-electron chi connectivity index (χ4n) is 14.5. The van der Waals surface area contributed by atoms with Gasteiger partial charge in [-0.3, -0.25) is 0 Å². The Morgan fingerprint density at radius 2 is 0.506 bits per heavy atom. The van der Waals surface area contributed by atoms with E-state index in [-0.39, 0.29) is 10.8 Å². The lowest BCUT2D eigenvalue weighted by molar-refractivity contribution is 0.660. The average Bonchev–Trinajstić information content (AvgIpc) is 1.66. The highest BCUT2D eigenvalue weighted by molar-refractivity contribution is 7.25. The Balaban J connectivity index is 0.636. The van der Waals surface area contributed by atoms with Crippen LogP contribution in [0.1, 0.15) is 72.2 Å². The van der Waals surface area contributed by atoms with Crippen LogP contribution in [-0.2, 0) is 10.8 Å². The molecule has 0 N–H and O–H groups in total. The standard InChI is InChI=1S/C86H62N2S/c1-85(2)79-47-57(25-39-73(79)75-41-37-71(53-81(75)85)87(67-33-29-59-13-5-9-17-63(59)49-67)68-34-30-60-14-6-10-18-64(60)50-68)23-21-55-27-43-83-77(45-55)78-46-56(28-44-84(78)89-83)22-24-58-26-40-74-76-42-38-72(54-82(76)86(3,4)80(74)48-58)88(69-35-31-61-15-7-11-19-65(61)51-69)70-36-32-62-16-8-12-20-66(62)52-70/h5-54H,1-4H3. The van der Waals surface area contributed by atoms with Crippen molar-refractivity contribution in [2.24, 2.45) is 0 Å². The molecule has 422 valence electrons. The van der Waals surface area contributed by atoms with E-state index >= 15 is 0 Å². The molecule has 0 aliphatic heterocycles. The molecular formula is C86H62N2S. The van der Waals surface area contributed by atoms with Crippen molar-refractivity contribution in [3.05, 3.63) is 324 Å². The van der Waals surface area contributed by atoms with Crippen LogP contribution in [0, 0.1) is 0 Å². The van der Waals surface area contributed by atoms with Crippen molar-refractivity contribution in [2.45, 2.75) is 38.5 Å². The molecule has 1 aromatic heterocycles. The van der Waals surface area contributed by atoms with Crippen molar-refractivity contribution in [3.8, 4) is 22.3 Å². The third-order valence-corrected chi connectivity index (χ3v) is 20.5. The van der Waals surface area contributed by atoms with E-state index in [0.717, 1.165) is 34.1 Å². The first-order valence-corrected chi connectivity index (χ1v) is 31.8. The van der Waals surface area contributed by atoms with Gasteiger partial charge in [0.15, 0.2) is 0 Å². The average molecular weight is 1160 g/mol. The summed E-state index contributed by atoms with van der Waals surface area (Å²) < 4.78 is 2.60. The van der Waals surface area contributed by atoms with Crippen LogP contribution in [-0.4, -0.2) is 0 Å². The molecule has 0 saturated carbocycles. The van der Waals surface area contributed by atoms with Crippen LogP contribution in [0.3, 0.4) is 0 Å². The van der Waals surface area contributed by atoms with Crippen LogP contribution < -0.4 is 9.80 Å². The Hall–Kier alpha value is -10.6. The number of anilines is 6. The second-order valence-corrected chi connectivity index (χ2v) is 26.5. The van der Waals surface area contributed by atoms with Crippen molar-refractivity contribution in [1.82, 2.24) is 0 Å². The zero-order chi connectivity index (χ0) is 59.5. The second-order valence-electron chi connectivity index (χ2n) is 25.4. The minimum atomic E-state index is -0.209. The number of thiophene rings is 1. The molecule has 0 unspecified atom stereocenters. The first kappa shape index (κ1) is 52.7. The van der Waals surface area contributed by atoms with E-state index < -0.39 is 0 Å². The van der Waals surface area contributed by atoms with Gasteiger partial charge in [-0.15, -0.1) is 11.3 Å². The summed E-state index contributed by atoms with van der Waals surface area (Å²) in [5, 5.41) is 12.4. The Morgan fingerprint density at radius 1 is 0.247 bits per heavy atom. The summed E-state index contributed by atoms with van der Waals surface area (Å²) >= 11 is 1.87. The van der Waals surface area contributed by atoms with E-state index in [1.165, 1.54) is 130 Å². The van der Waals surface area contributed by atoms with Crippen LogP contribution in [0.15, 0.2) is 279 Å². The summed E-state index contributed by atoms with van der Waals surface area (Å²) in [5.41, 5.74) is 21.9. The molecule has 0 atom stereocenters. The van der Waals surface area contributed by atoms with Gasteiger partial charge in [0.25, 0.3) is 0 Å². The number of hydrogen-bond donors (Lipinski definition) is 0. The Labute approximate surface area is 523 Å². The van der Waals surface area contributed by atoms with Gasteiger partial charge in [0.1, 0.15) is 0 Å². The molecule has 0 bridgehead atoms. The third kappa shape index (κ3) is 8.98. The van der Waals surface area contributed by atoms with Crippen molar-refractivity contribution in [1.29, 1.82) is 0 Å². The zero-order valence-corrected chi connectivity index (χ0v) is 51.0.